The molecule has 1 N–H and O–H groups in total. The molecule has 20 heavy (non-hydrogen) atoms. The molecule has 0 bridgehead atoms. The Labute approximate surface area is 115 Å². The van der Waals surface area contributed by atoms with E-state index >= 15 is 0 Å². The molecule has 102 valence electrons. The summed E-state index contributed by atoms with van der Waals surface area (Å²) in [6, 6.07) is 8.06. The van der Waals surface area contributed by atoms with Crippen molar-refractivity contribution < 1.29 is 8.81 Å². The third-order valence-electron chi connectivity index (χ3n) is 2.93. The van der Waals surface area contributed by atoms with Gasteiger partial charge in [0.2, 0.25) is 0 Å². The monoisotopic (exact) mass is 271 g/mol. The van der Waals surface area contributed by atoms with Gasteiger partial charge in [0, 0.05) is 18.0 Å². The first-order valence-electron chi connectivity index (χ1n) is 6.45. The normalized spacial score (nSPS) is 10.9. The highest BCUT2D eigenvalue weighted by Crippen LogP contribution is 2.28. The molecule has 0 aliphatic carbocycles. The fourth-order valence-corrected chi connectivity index (χ4v) is 2.11. The van der Waals surface area contributed by atoms with Gasteiger partial charge in [-0.2, -0.15) is 0 Å². The fourth-order valence-electron chi connectivity index (χ4n) is 2.11. The lowest BCUT2D eigenvalue weighted by Gasteiger charge is -2.04. The zero-order chi connectivity index (χ0) is 14.1. The summed E-state index contributed by atoms with van der Waals surface area (Å²) in [6.45, 7) is 4.61. The van der Waals surface area contributed by atoms with Crippen molar-refractivity contribution in [2.24, 2.45) is 0 Å². The van der Waals surface area contributed by atoms with Gasteiger partial charge in [0.25, 0.3) is 0 Å². The lowest BCUT2D eigenvalue weighted by Crippen LogP contribution is -2.02. The number of aromatic nitrogens is 2. The molecule has 5 heteroatoms. The Bertz CT molecular complexity index is 767. The van der Waals surface area contributed by atoms with Crippen LogP contribution in [0.15, 0.2) is 34.7 Å². The molecule has 0 aliphatic rings. The van der Waals surface area contributed by atoms with Gasteiger partial charge < -0.3 is 9.73 Å². The van der Waals surface area contributed by atoms with Gasteiger partial charge >= 0.3 is 0 Å². The van der Waals surface area contributed by atoms with E-state index in [1.807, 2.05) is 19.9 Å². The number of rotatable bonds is 3. The average Bonchev–Trinajstić information content (AvgIpc) is 2.81. The number of hydrogen-bond acceptors (Lipinski definition) is 4. The van der Waals surface area contributed by atoms with Crippen molar-refractivity contribution in [2.75, 3.05) is 11.9 Å². The van der Waals surface area contributed by atoms with Crippen molar-refractivity contribution in [3.8, 4) is 11.5 Å². The third kappa shape index (κ3) is 2.34. The van der Waals surface area contributed by atoms with Crippen molar-refractivity contribution >= 4 is 16.8 Å². The smallest absolute Gasteiger partial charge is 0.154 e. The molecule has 0 unspecified atom stereocenters. The maximum absolute atomic E-state index is 13.2. The molecule has 0 fully saturated rings. The van der Waals surface area contributed by atoms with E-state index in [-0.39, 0.29) is 5.82 Å². The van der Waals surface area contributed by atoms with Crippen molar-refractivity contribution in [2.45, 2.75) is 13.8 Å². The summed E-state index contributed by atoms with van der Waals surface area (Å²) in [5, 5.41) is 3.87. The second-order valence-corrected chi connectivity index (χ2v) is 4.51. The van der Waals surface area contributed by atoms with E-state index in [1.54, 1.807) is 12.1 Å². The Hall–Kier alpha value is -2.43. The summed E-state index contributed by atoms with van der Waals surface area (Å²) in [5.74, 6) is 1.74. The van der Waals surface area contributed by atoms with Crippen molar-refractivity contribution in [3.63, 3.8) is 0 Å². The van der Waals surface area contributed by atoms with E-state index in [4.69, 9.17) is 4.42 Å². The molecule has 1 aromatic carbocycles. The van der Waals surface area contributed by atoms with Crippen LogP contribution < -0.4 is 5.32 Å². The Morgan fingerprint density at radius 3 is 2.85 bits per heavy atom. The molecule has 0 atom stereocenters. The van der Waals surface area contributed by atoms with E-state index in [1.165, 1.54) is 12.1 Å². The zero-order valence-corrected chi connectivity index (χ0v) is 11.3. The van der Waals surface area contributed by atoms with Gasteiger partial charge in [0.05, 0.1) is 0 Å². The number of fused-ring (bicyclic) bond motifs is 1. The van der Waals surface area contributed by atoms with Gasteiger partial charge in [-0.15, -0.1) is 0 Å². The Morgan fingerprint density at radius 2 is 2.05 bits per heavy atom. The van der Waals surface area contributed by atoms with Crippen molar-refractivity contribution in [3.05, 3.63) is 42.0 Å². The van der Waals surface area contributed by atoms with Gasteiger partial charge in [0.15, 0.2) is 5.76 Å². The Morgan fingerprint density at radius 1 is 1.20 bits per heavy atom. The molecular weight excluding hydrogens is 257 g/mol. The third-order valence-corrected chi connectivity index (χ3v) is 2.93. The highest BCUT2D eigenvalue weighted by Gasteiger charge is 2.10. The summed E-state index contributed by atoms with van der Waals surface area (Å²) in [6.07, 6.45) is 0. The molecule has 0 aliphatic heterocycles. The van der Waals surface area contributed by atoms with Crippen LogP contribution in [-0.4, -0.2) is 16.5 Å². The molecule has 0 saturated heterocycles. The van der Waals surface area contributed by atoms with Gasteiger partial charge in [0.1, 0.15) is 28.7 Å². The molecule has 0 spiro atoms. The number of aryl methyl sites for hydroxylation is 1. The van der Waals surface area contributed by atoms with Crippen LogP contribution in [0.1, 0.15) is 12.7 Å². The first-order valence-corrected chi connectivity index (χ1v) is 6.45. The minimum Gasteiger partial charge on any atom is -0.454 e. The predicted molar refractivity (Wildman–Crippen MR) is 76.1 cm³/mol. The summed E-state index contributed by atoms with van der Waals surface area (Å²) in [5.41, 5.74) is 1.33. The quantitative estimate of drug-likeness (QED) is 0.787. The van der Waals surface area contributed by atoms with Crippen LogP contribution in [0.5, 0.6) is 0 Å². The van der Waals surface area contributed by atoms with Crippen LogP contribution in [0.4, 0.5) is 10.2 Å². The van der Waals surface area contributed by atoms with Gasteiger partial charge in [-0.25, -0.2) is 14.4 Å². The van der Waals surface area contributed by atoms with Crippen LogP contribution in [0.3, 0.4) is 0 Å². The zero-order valence-electron chi connectivity index (χ0n) is 11.3. The molecule has 0 saturated carbocycles. The maximum Gasteiger partial charge on any atom is 0.154 e. The molecule has 2 aromatic heterocycles. The van der Waals surface area contributed by atoms with E-state index in [0.29, 0.717) is 22.9 Å². The highest BCUT2D eigenvalue weighted by atomic mass is 19.1. The second-order valence-electron chi connectivity index (χ2n) is 4.51. The van der Waals surface area contributed by atoms with Crippen molar-refractivity contribution in [1.82, 2.24) is 9.97 Å². The van der Waals surface area contributed by atoms with E-state index in [0.717, 1.165) is 17.7 Å². The molecular formula is C15H14FN3O. The van der Waals surface area contributed by atoms with Crippen LogP contribution in [0, 0.1) is 12.7 Å². The molecule has 2 heterocycles. The van der Waals surface area contributed by atoms with Crippen molar-refractivity contribution in [1.29, 1.82) is 0 Å². The van der Waals surface area contributed by atoms with Crippen LogP contribution >= 0.6 is 0 Å². The predicted octanol–water partition coefficient (Wildman–Crippen LogP) is 3.77. The first kappa shape index (κ1) is 12.6. The van der Waals surface area contributed by atoms with Crippen LogP contribution in [0.25, 0.3) is 22.4 Å². The first-order chi connectivity index (χ1) is 9.65. The summed E-state index contributed by atoms with van der Waals surface area (Å²) in [4.78, 5) is 8.66. The average molecular weight is 271 g/mol. The van der Waals surface area contributed by atoms with Gasteiger partial charge in [-0.3, -0.25) is 0 Å². The summed E-state index contributed by atoms with van der Waals surface area (Å²) in [7, 11) is 0. The number of nitrogens with zero attached hydrogens (tertiary/aromatic N) is 2. The number of nitrogens with one attached hydrogen (secondary N) is 1. The topological polar surface area (TPSA) is 51.0 Å². The largest absolute Gasteiger partial charge is 0.454 e. The highest BCUT2D eigenvalue weighted by molar-refractivity contribution is 5.82. The summed E-state index contributed by atoms with van der Waals surface area (Å²) < 4.78 is 18.9. The summed E-state index contributed by atoms with van der Waals surface area (Å²) >= 11 is 0. The Balaban J connectivity index is 2.10. The number of hydrogen-bond donors (Lipinski definition) is 1. The molecule has 3 rings (SSSR count). The number of benzene rings is 1. The lowest BCUT2D eigenvalue weighted by molar-refractivity contribution is 0.617. The molecule has 0 amide bonds. The lowest BCUT2D eigenvalue weighted by atomic mass is 10.2. The van der Waals surface area contributed by atoms with Gasteiger partial charge in [-0.1, -0.05) is 0 Å². The minimum absolute atomic E-state index is 0.281. The standard InChI is InChI=1S/C15H14FN3O/c1-3-17-15-8-12(18-9(2)19-15)14-7-10-6-11(16)4-5-13(10)20-14/h4-8H,3H2,1-2H3,(H,17,18,19). The molecule has 0 radical (unpaired) electrons. The van der Waals surface area contributed by atoms with Gasteiger partial charge in [-0.05, 0) is 38.1 Å². The van der Waals surface area contributed by atoms with Crippen LogP contribution in [-0.2, 0) is 0 Å². The van der Waals surface area contributed by atoms with E-state index in [2.05, 4.69) is 15.3 Å². The fraction of sp³-hybridized carbons (Fsp3) is 0.200. The molecule has 4 nitrogen and oxygen atoms in total. The number of furan rings is 1. The number of anilines is 1. The van der Waals surface area contributed by atoms with E-state index < -0.39 is 0 Å². The number of halogens is 1. The molecule has 3 aromatic rings. The minimum atomic E-state index is -0.281. The maximum atomic E-state index is 13.2. The van der Waals surface area contributed by atoms with Crippen LogP contribution in [0.2, 0.25) is 0 Å². The Kier molecular flexibility index (Phi) is 3.10. The second kappa shape index (κ2) is 4.92. The SMILES string of the molecule is CCNc1cc(-c2cc3cc(F)ccc3o2)nc(C)n1. The van der Waals surface area contributed by atoms with E-state index in [9.17, 15) is 4.39 Å².